The molecule has 0 unspecified atom stereocenters. The van der Waals surface area contributed by atoms with Gasteiger partial charge in [-0.25, -0.2) is 19.3 Å². The van der Waals surface area contributed by atoms with Crippen molar-refractivity contribution in [3.05, 3.63) is 201 Å². The highest BCUT2D eigenvalue weighted by molar-refractivity contribution is 7.74. The molecule has 4 atom stereocenters. The van der Waals surface area contributed by atoms with Crippen molar-refractivity contribution in [3.8, 4) is 0 Å². The molecule has 8 aromatic rings. The molecule has 0 bridgehead atoms. The van der Waals surface area contributed by atoms with Gasteiger partial charge in [0.15, 0.2) is 0 Å². The van der Waals surface area contributed by atoms with E-state index in [2.05, 4.69) is 28.6 Å². The number of ketones is 2. The van der Waals surface area contributed by atoms with E-state index in [1.165, 1.54) is 41.3 Å². The van der Waals surface area contributed by atoms with Crippen molar-refractivity contribution < 1.29 is 46.7 Å². The molecule has 6 aromatic carbocycles. The van der Waals surface area contributed by atoms with Crippen molar-refractivity contribution in [1.29, 1.82) is 0 Å². The van der Waals surface area contributed by atoms with Crippen LogP contribution in [0.25, 0.3) is 21.8 Å². The molecule has 0 saturated carbocycles. The van der Waals surface area contributed by atoms with E-state index in [9.17, 15) is 42.1 Å². The Bertz CT molecular complexity index is 3990. The summed E-state index contributed by atoms with van der Waals surface area (Å²) in [4.78, 5) is 93.1. The highest BCUT2D eigenvalue weighted by Crippen LogP contribution is 2.42. The Labute approximate surface area is 536 Å². The normalized spacial score (nSPS) is 17.9. The molecule has 5 N–H and O–H groups in total. The second-order valence-corrected chi connectivity index (χ2v) is 26.7. The highest BCUT2D eigenvalue weighted by Gasteiger charge is 2.36. The van der Waals surface area contributed by atoms with E-state index < -0.39 is 30.7 Å². The quantitative estimate of drug-likeness (QED) is 0.0323. The molecule has 4 saturated heterocycles. The molecule has 91 heavy (non-hydrogen) atoms. The van der Waals surface area contributed by atoms with E-state index in [4.69, 9.17) is 39.6 Å². The number of likely N-dealkylation sites (tertiary alicyclic amines) is 2. The number of Topliss-reactive ketones (excluding diaryl/α,β-unsaturated/α-hetero) is 2. The van der Waals surface area contributed by atoms with Gasteiger partial charge in [0.25, 0.3) is 42.6 Å². The summed E-state index contributed by atoms with van der Waals surface area (Å²) in [5.74, 6) is 8.02. The molecular weight excluding hydrogens is 1220 g/mol. The summed E-state index contributed by atoms with van der Waals surface area (Å²) >= 11 is 13.1. The van der Waals surface area contributed by atoms with Crippen molar-refractivity contribution >= 4 is 98.2 Å². The van der Waals surface area contributed by atoms with Gasteiger partial charge in [0.05, 0.1) is 37.8 Å². The van der Waals surface area contributed by atoms with E-state index in [1.54, 1.807) is 92.4 Å². The van der Waals surface area contributed by atoms with Crippen LogP contribution >= 0.6 is 30.6 Å². The molecule has 12 rings (SSSR count). The zero-order valence-corrected chi connectivity index (χ0v) is 53.5. The van der Waals surface area contributed by atoms with Gasteiger partial charge in [-0.1, -0.05) is 83.9 Å². The van der Waals surface area contributed by atoms with Gasteiger partial charge in [0.2, 0.25) is 0 Å². The Morgan fingerprint density at radius 2 is 0.978 bits per heavy atom. The van der Waals surface area contributed by atoms with E-state index in [-0.39, 0.29) is 69.3 Å². The fourth-order valence-corrected chi connectivity index (χ4v) is 14.6. The number of rotatable bonds is 13. The second-order valence-electron chi connectivity index (χ2n) is 23.5. The first-order valence-corrected chi connectivity index (χ1v) is 32.8. The van der Waals surface area contributed by atoms with Crippen molar-refractivity contribution in [2.45, 2.75) is 77.5 Å². The summed E-state index contributed by atoms with van der Waals surface area (Å²) in [6.07, 6.45) is 6.48. The van der Waals surface area contributed by atoms with Crippen LogP contribution in [0.5, 0.6) is 0 Å². The number of aromatic nitrogens is 2. The summed E-state index contributed by atoms with van der Waals surface area (Å²) in [5.41, 5.74) is 4.09. The van der Waals surface area contributed by atoms with Crippen LogP contribution in [-0.4, -0.2) is 152 Å². The Hall–Kier alpha value is -8.07. The summed E-state index contributed by atoms with van der Waals surface area (Å²) in [5, 5.41) is 2.66. The van der Waals surface area contributed by atoms with Crippen LogP contribution in [0.4, 0.5) is 8.78 Å². The van der Waals surface area contributed by atoms with Crippen LogP contribution < -0.4 is 22.3 Å². The fraction of sp³-hybridized carbons (Fsp3) is 0.324. The number of H-pyrrole nitrogens is 1. The van der Waals surface area contributed by atoms with Crippen LogP contribution in [0.3, 0.4) is 0 Å². The van der Waals surface area contributed by atoms with Gasteiger partial charge in [0.1, 0.15) is 11.6 Å². The average Bonchev–Trinajstić information content (AvgIpc) is 1.75. The summed E-state index contributed by atoms with van der Waals surface area (Å²) in [6, 6.07) is 37.3. The third-order valence-electron chi connectivity index (χ3n) is 17.8. The number of aromatic amines is 1. The lowest BCUT2D eigenvalue weighted by Gasteiger charge is -2.42. The number of nitrogens with two attached hydrogens (primary N) is 2. The summed E-state index contributed by atoms with van der Waals surface area (Å²) < 4.78 is 45.4. The van der Waals surface area contributed by atoms with Crippen LogP contribution in [0, 0.1) is 11.6 Å². The van der Waals surface area contributed by atoms with Crippen molar-refractivity contribution in [2.24, 2.45) is 5.90 Å². The first-order valence-electron chi connectivity index (χ1n) is 30.5. The minimum Gasteiger partial charge on any atom is -0.360 e. The van der Waals surface area contributed by atoms with Crippen LogP contribution in [0.2, 0.25) is 10.0 Å². The smallest absolute Gasteiger partial charge is 0.295 e. The number of halogens is 4. The Morgan fingerprint density at radius 1 is 0.560 bits per heavy atom. The van der Waals surface area contributed by atoms with Gasteiger partial charge in [-0.15, -0.1) is 0 Å². The molecule has 2 aromatic heterocycles. The number of piperazine rings is 2. The Morgan fingerprint density at radius 3 is 1.41 bits per heavy atom. The third kappa shape index (κ3) is 14.2. The van der Waals surface area contributed by atoms with E-state index in [0.29, 0.717) is 108 Å². The fourth-order valence-electron chi connectivity index (χ4n) is 12.5. The maximum atomic E-state index is 13.7. The monoisotopic (exact) mass is 1300 g/mol. The lowest BCUT2D eigenvalue weighted by Crippen LogP contribution is -2.54. The number of carbonyl (C=O) groups is 6. The number of nitrogens with one attached hydrogen (secondary N) is 1. The number of nitrogen functional groups attached to an aromatic ring is 1. The first-order chi connectivity index (χ1) is 43.7. The van der Waals surface area contributed by atoms with Gasteiger partial charge in [-0.05, 0) is 137 Å². The number of fused-ring (bicyclic) bond motifs is 2. The molecule has 4 aliphatic heterocycles. The Balaban J connectivity index is 0.000000162. The summed E-state index contributed by atoms with van der Waals surface area (Å²) in [6.45, 7) is 14.0. The molecule has 0 spiro atoms. The number of carbonyl (C=O) groups excluding carboxylic acids is 6. The molecule has 4 aliphatic rings. The van der Waals surface area contributed by atoms with E-state index in [1.807, 2.05) is 50.2 Å². The van der Waals surface area contributed by atoms with Gasteiger partial charge >= 0.3 is 0 Å². The van der Waals surface area contributed by atoms with Crippen molar-refractivity contribution in [3.63, 3.8) is 0 Å². The summed E-state index contributed by atoms with van der Waals surface area (Å²) in [7, 11) is -3.13. The third-order valence-corrected chi connectivity index (χ3v) is 20.7. The lowest BCUT2D eigenvalue weighted by molar-refractivity contribution is -0.126. The minimum absolute atomic E-state index is 0.0706. The number of benzene rings is 6. The van der Waals surface area contributed by atoms with E-state index in [0.717, 1.165) is 36.8 Å². The zero-order valence-electron chi connectivity index (χ0n) is 51.1. The van der Waals surface area contributed by atoms with Gasteiger partial charge in [-0.2, -0.15) is 0 Å². The number of hydrogen-bond donors (Lipinski definition) is 3. The van der Waals surface area contributed by atoms with Crippen LogP contribution in [0.15, 0.2) is 146 Å². The molecule has 4 amide bonds. The molecule has 23 heteroatoms. The molecule has 18 nitrogen and oxygen atoms in total. The van der Waals surface area contributed by atoms with Crippen LogP contribution in [0.1, 0.15) is 118 Å². The maximum Gasteiger partial charge on any atom is 0.295 e. The van der Waals surface area contributed by atoms with Crippen LogP contribution in [-0.2, 0) is 18.8 Å². The van der Waals surface area contributed by atoms with E-state index >= 15 is 0 Å². The molecule has 0 radical (unpaired) electrons. The second kappa shape index (κ2) is 28.6. The molecular formula is C68H73Cl2F2N10O8P. The standard InChI is InChI=1S/C28H31ClFN5O3.C28H30ClFN4O3.C12H12NO2P/c1-17-15-33(18(2)19-5-7-20(30)8-6-19)11-12-34(17)27(37)22-13-21-23(16-35(31)25(21)14-24(22)29)26(36)28(38)32-9-3-4-10-32;1-17-16-33(18(2)19-5-7-20(30)8-6-19)11-12-34(17)27(36)22-13-21-23(15-31-25(21)14-24(22)29)26(35)28(37)32-9-3-4-10-32;13-15-16(14,11-7-3-1-4-8-11)12-9-5-2-6-10-12/h5-8,13-14,16-18H,3-4,9-12,15,31H2,1-2H3;5-8,13-15,17-18,31H,3-4,9-12,16H2,1-2H3;1-10H,13H2/t2*17-,18-;/m11./s1. The predicted octanol–water partition coefficient (Wildman–Crippen LogP) is 10.3. The molecule has 476 valence electrons. The topological polar surface area (TPSA) is 221 Å². The van der Waals surface area contributed by atoms with Gasteiger partial charge in [0, 0.05) is 129 Å². The molecule has 0 aliphatic carbocycles. The zero-order chi connectivity index (χ0) is 64.8. The Kier molecular flexibility index (Phi) is 20.7. The number of amides is 4. The van der Waals surface area contributed by atoms with Crippen molar-refractivity contribution in [1.82, 2.24) is 39.1 Å². The van der Waals surface area contributed by atoms with Gasteiger partial charge in [-0.3, -0.25) is 47.8 Å². The lowest BCUT2D eigenvalue weighted by atomic mass is 10.0. The number of hydrogen-bond acceptors (Lipinski definition) is 12. The first kappa shape index (κ1) is 65.9. The van der Waals surface area contributed by atoms with Gasteiger partial charge < -0.3 is 30.4 Å². The minimum atomic E-state index is -3.13. The predicted molar refractivity (Wildman–Crippen MR) is 350 cm³/mol. The largest absolute Gasteiger partial charge is 0.360 e. The maximum absolute atomic E-state index is 13.7. The van der Waals surface area contributed by atoms with Crippen molar-refractivity contribution in [2.75, 3.05) is 71.3 Å². The number of nitrogens with zero attached hydrogens (tertiary/aromatic N) is 7. The molecule has 6 heterocycles. The highest BCUT2D eigenvalue weighted by atomic mass is 35.5. The average molecular weight is 1300 g/mol. The molecule has 4 fully saturated rings. The SMILES string of the molecule is C[C@H](c1ccc(F)cc1)N1CCN(C(=O)c2cc3c(C(=O)C(=O)N4CCCC4)c[nH]c3cc2Cl)[C@H](C)C1.C[C@H](c1ccc(F)cc1)N1CCN(C(=O)c2cc3c(C(=O)C(=O)N4CCCC4)cn(N)c3cc2Cl)[C@H](C)C1.NOP(=O)(c1ccccc1)c1ccccc1.